The number of aromatic nitrogens is 5. The third-order valence-electron chi connectivity index (χ3n) is 9.87. The zero-order chi connectivity index (χ0) is 25.0. The summed E-state index contributed by atoms with van der Waals surface area (Å²) in [6.07, 6.45) is 21.5. The molecular formula is C32H39N5. The fourth-order valence-electron chi connectivity index (χ4n) is 8.48. The van der Waals surface area contributed by atoms with Crippen LogP contribution in [0, 0.1) is 23.7 Å². The van der Waals surface area contributed by atoms with Crippen molar-refractivity contribution in [1.82, 2.24) is 24.5 Å². The van der Waals surface area contributed by atoms with Crippen LogP contribution in [0.1, 0.15) is 88.7 Å². The molecule has 2 atom stereocenters. The Morgan fingerprint density at radius 3 is 2.41 bits per heavy atom. The lowest BCUT2D eigenvalue weighted by Gasteiger charge is -2.56. The molecule has 0 saturated heterocycles. The van der Waals surface area contributed by atoms with Crippen LogP contribution < -0.4 is 0 Å². The lowest BCUT2D eigenvalue weighted by Crippen LogP contribution is -2.49. The van der Waals surface area contributed by atoms with E-state index in [1.807, 2.05) is 19.4 Å². The van der Waals surface area contributed by atoms with Gasteiger partial charge in [-0.1, -0.05) is 37.3 Å². The summed E-state index contributed by atoms with van der Waals surface area (Å²) >= 11 is 0. The second kappa shape index (κ2) is 9.18. The zero-order valence-electron chi connectivity index (χ0n) is 22.3. The summed E-state index contributed by atoms with van der Waals surface area (Å²) in [6, 6.07) is 8.62. The van der Waals surface area contributed by atoms with Gasteiger partial charge in [-0.3, -0.25) is 0 Å². The molecule has 8 rings (SSSR count). The van der Waals surface area contributed by atoms with Crippen LogP contribution in [0.25, 0.3) is 22.8 Å². The van der Waals surface area contributed by atoms with Gasteiger partial charge in [0, 0.05) is 41.9 Å². The van der Waals surface area contributed by atoms with E-state index in [9.17, 15) is 0 Å². The first kappa shape index (κ1) is 23.3. The highest BCUT2D eigenvalue weighted by atomic mass is 15.1. The normalized spacial score (nSPS) is 31.1. The first-order valence-corrected chi connectivity index (χ1v) is 14.5. The summed E-state index contributed by atoms with van der Waals surface area (Å²) in [5, 5.41) is 0. The van der Waals surface area contributed by atoms with E-state index >= 15 is 0 Å². The van der Waals surface area contributed by atoms with Crippen LogP contribution in [-0.4, -0.2) is 24.5 Å². The molecule has 0 N–H and O–H groups in total. The van der Waals surface area contributed by atoms with E-state index in [-0.39, 0.29) is 5.41 Å². The molecular weight excluding hydrogens is 454 g/mol. The highest BCUT2D eigenvalue weighted by molar-refractivity contribution is 5.66. The molecule has 5 aliphatic rings. The summed E-state index contributed by atoms with van der Waals surface area (Å²) in [5.41, 5.74) is 2.33. The first-order valence-electron chi connectivity index (χ1n) is 14.5. The quantitative estimate of drug-likeness (QED) is 0.339. The standard InChI is InChI=1S/C32H39N5/c1-21(13-22-7-4-3-5-8-22)28-34-29(26-9-6-10-27(17-26)30-33-11-12-37(30)2)36-31(35-28)32-18-23-14-24(19-32)16-25(15-23)20-32/h3-4,6,9-12,17,21-25H,5,7-8,13-16,18-20H2,1-2H3. The molecule has 4 bridgehead atoms. The van der Waals surface area contributed by atoms with Crippen LogP contribution in [0.5, 0.6) is 0 Å². The minimum atomic E-state index is 0.159. The fraction of sp³-hybridized carbons (Fsp3) is 0.562. The van der Waals surface area contributed by atoms with Gasteiger partial charge in [-0.05, 0) is 93.9 Å². The number of benzene rings is 1. The molecule has 1 aromatic carbocycles. The van der Waals surface area contributed by atoms with Gasteiger partial charge in [-0.25, -0.2) is 19.9 Å². The average molecular weight is 494 g/mol. The Balaban J connectivity index is 1.29. The molecule has 3 aromatic rings. The number of imidazole rings is 1. The molecule has 5 nitrogen and oxygen atoms in total. The van der Waals surface area contributed by atoms with Gasteiger partial charge in [0.15, 0.2) is 5.82 Å². The summed E-state index contributed by atoms with van der Waals surface area (Å²) in [7, 11) is 2.04. The summed E-state index contributed by atoms with van der Waals surface area (Å²) in [5.74, 6) is 7.60. The number of aryl methyl sites for hydroxylation is 1. The van der Waals surface area contributed by atoms with Crippen LogP contribution in [0.4, 0.5) is 0 Å². The molecule has 2 unspecified atom stereocenters. The maximum atomic E-state index is 5.34. The highest BCUT2D eigenvalue weighted by Crippen LogP contribution is 2.60. The van der Waals surface area contributed by atoms with E-state index in [0.29, 0.717) is 5.92 Å². The largest absolute Gasteiger partial charge is 0.334 e. The molecule has 2 heterocycles. The molecule has 0 spiro atoms. The minimum Gasteiger partial charge on any atom is -0.334 e. The van der Waals surface area contributed by atoms with Crippen molar-refractivity contribution in [2.24, 2.45) is 30.7 Å². The second-order valence-corrected chi connectivity index (χ2v) is 12.8. The molecule has 4 fully saturated rings. The van der Waals surface area contributed by atoms with Crippen LogP contribution in [0.2, 0.25) is 0 Å². The molecule has 0 aliphatic heterocycles. The Hall–Kier alpha value is -2.82. The van der Waals surface area contributed by atoms with Gasteiger partial charge >= 0.3 is 0 Å². The van der Waals surface area contributed by atoms with E-state index in [4.69, 9.17) is 15.0 Å². The molecule has 5 heteroatoms. The lowest BCUT2D eigenvalue weighted by atomic mass is 9.49. The van der Waals surface area contributed by atoms with Crippen molar-refractivity contribution in [1.29, 1.82) is 0 Å². The van der Waals surface area contributed by atoms with E-state index in [1.165, 1.54) is 57.8 Å². The first-order chi connectivity index (χ1) is 18.0. The SMILES string of the molecule is CC(CC1CC=CCC1)c1nc(-c2cccc(-c3nccn3C)c2)nc(C23CC4CC(CC(C4)C2)C3)n1. The van der Waals surface area contributed by atoms with Crippen molar-refractivity contribution >= 4 is 0 Å². The predicted octanol–water partition coefficient (Wildman–Crippen LogP) is 7.26. The maximum absolute atomic E-state index is 5.34. The van der Waals surface area contributed by atoms with Crippen molar-refractivity contribution in [3.63, 3.8) is 0 Å². The monoisotopic (exact) mass is 493 g/mol. The zero-order valence-corrected chi connectivity index (χ0v) is 22.3. The third kappa shape index (κ3) is 4.34. The van der Waals surface area contributed by atoms with E-state index in [0.717, 1.165) is 64.5 Å². The molecule has 5 aliphatic carbocycles. The average Bonchev–Trinajstić information content (AvgIpc) is 3.34. The third-order valence-corrected chi connectivity index (χ3v) is 9.87. The predicted molar refractivity (Wildman–Crippen MR) is 147 cm³/mol. The van der Waals surface area contributed by atoms with Gasteiger partial charge in [0.2, 0.25) is 0 Å². The maximum Gasteiger partial charge on any atom is 0.163 e. The highest BCUT2D eigenvalue weighted by Gasteiger charge is 2.53. The lowest BCUT2D eigenvalue weighted by molar-refractivity contribution is -0.00959. The van der Waals surface area contributed by atoms with E-state index in [1.54, 1.807) is 0 Å². The smallest absolute Gasteiger partial charge is 0.163 e. The Bertz CT molecular complexity index is 1280. The van der Waals surface area contributed by atoms with Gasteiger partial charge in [-0.15, -0.1) is 0 Å². The van der Waals surface area contributed by atoms with E-state index in [2.05, 4.69) is 52.9 Å². The number of rotatable bonds is 6. The summed E-state index contributed by atoms with van der Waals surface area (Å²) < 4.78 is 2.07. The van der Waals surface area contributed by atoms with Crippen LogP contribution in [0.15, 0.2) is 48.8 Å². The van der Waals surface area contributed by atoms with Crippen LogP contribution in [-0.2, 0) is 12.5 Å². The number of allylic oxidation sites excluding steroid dienone is 2. The topological polar surface area (TPSA) is 56.5 Å². The molecule has 192 valence electrons. The van der Waals surface area contributed by atoms with Crippen molar-refractivity contribution in [2.75, 3.05) is 0 Å². The van der Waals surface area contributed by atoms with Crippen LogP contribution >= 0.6 is 0 Å². The minimum absolute atomic E-state index is 0.159. The number of hydrogen-bond acceptors (Lipinski definition) is 4. The second-order valence-electron chi connectivity index (χ2n) is 12.8. The number of nitrogens with zero attached hydrogens (tertiary/aromatic N) is 5. The molecule has 37 heavy (non-hydrogen) atoms. The molecule has 0 radical (unpaired) electrons. The fourth-order valence-corrected chi connectivity index (χ4v) is 8.48. The van der Waals surface area contributed by atoms with Gasteiger partial charge in [0.05, 0.1) is 0 Å². The Labute approximate surface area is 220 Å². The van der Waals surface area contributed by atoms with Crippen molar-refractivity contribution in [2.45, 2.75) is 82.5 Å². The van der Waals surface area contributed by atoms with Crippen molar-refractivity contribution in [3.05, 3.63) is 60.5 Å². The van der Waals surface area contributed by atoms with Gasteiger partial charge in [-0.2, -0.15) is 0 Å². The number of hydrogen-bond donors (Lipinski definition) is 0. The van der Waals surface area contributed by atoms with Crippen molar-refractivity contribution < 1.29 is 0 Å². The van der Waals surface area contributed by atoms with E-state index < -0.39 is 0 Å². The van der Waals surface area contributed by atoms with Crippen LogP contribution in [0.3, 0.4) is 0 Å². The molecule has 2 aromatic heterocycles. The van der Waals surface area contributed by atoms with Gasteiger partial charge in [0.25, 0.3) is 0 Å². The summed E-state index contributed by atoms with van der Waals surface area (Å²) in [6.45, 7) is 2.34. The van der Waals surface area contributed by atoms with Crippen molar-refractivity contribution in [3.8, 4) is 22.8 Å². The van der Waals surface area contributed by atoms with Gasteiger partial charge in [0.1, 0.15) is 17.5 Å². The molecule has 4 saturated carbocycles. The molecule has 0 amide bonds. The Morgan fingerprint density at radius 2 is 1.73 bits per heavy atom. The Morgan fingerprint density at radius 1 is 0.973 bits per heavy atom. The van der Waals surface area contributed by atoms with Gasteiger partial charge < -0.3 is 4.57 Å². The Kier molecular flexibility index (Phi) is 5.78. The summed E-state index contributed by atoms with van der Waals surface area (Å²) in [4.78, 5) is 20.4.